The molecule has 0 aromatic carbocycles. The monoisotopic (exact) mass is 192 g/mol. The Balaban J connectivity index is 2.28. The molecule has 0 saturated heterocycles. The van der Waals surface area contributed by atoms with Crippen LogP contribution >= 0.6 is 0 Å². The van der Waals surface area contributed by atoms with Crippen LogP contribution in [0.5, 0.6) is 0 Å². The summed E-state index contributed by atoms with van der Waals surface area (Å²) in [6.07, 6.45) is 7.88. The summed E-state index contributed by atoms with van der Waals surface area (Å²) in [6.45, 7) is 2.07. The highest BCUT2D eigenvalue weighted by molar-refractivity contribution is 5.97. The van der Waals surface area contributed by atoms with Crippen LogP contribution in [0.2, 0.25) is 0 Å². The van der Waals surface area contributed by atoms with Gasteiger partial charge in [0.1, 0.15) is 0 Å². The molecule has 1 aromatic heterocycles. The topological polar surface area (TPSA) is 34.9 Å². The summed E-state index contributed by atoms with van der Waals surface area (Å²) in [5, 5.41) is 0. The molecular formula is C11H16N2O. The lowest BCUT2D eigenvalue weighted by atomic mass is 9.83. The van der Waals surface area contributed by atoms with Gasteiger partial charge in [-0.25, -0.2) is 4.98 Å². The molecule has 3 nitrogen and oxygen atoms in total. The van der Waals surface area contributed by atoms with Crippen LogP contribution in [0.4, 0.5) is 0 Å². The lowest BCUT2D eigenvalue weighted by Gasteiger charge is -2.20. The average Bonchev–Trinajstić information content (AvgIpc) is 2.74. The summed E-state index contributed by atoms with van der Waals surface area (Å²) >= 11 is 0. The van der Waals surface area contributed by atoms with Crippen LogP contribution in [-0.4, -0.2) is 15.3 Å². The van der Waals surface area contributed by atoms with E-state index in [1.54, 1.807) is 6.20 Å². The Hall–Kier alpha value is -1.12. The molecule has 0 atom stereocenters. The summed E-state index contributed by atoms with van der Waals surface area (Å²) in [4.78, 5) is 16.3. The number of hydrogen-bond acceptors (Lipinski definition) is 2. The van der Waals surface area contributed by atoms with Gasteiger partial charge < -0.3 is 4.57 Å². The molecule has 2 rings (SSSR count). The van der Waals surface area contributed by atoms with Gasteiger partial charge in [0.15, 0.2) is 5.82 Å². The first-order valence-corrected chi connectivity index (χ1v) is 5.16. The van der Waals surface area contributed by atoms with E-state index in [1.165, 1.54) is 12.8 Å². The highest BCUT2D eigenvalue weighted by atomic mass is 16.1. The molecule has 1 fully saturated rings. The van der Waals surface area contributed by atoms with Crippen molar-refractivity contribution in [1.82, 2.24) is 9.55 Å². The number of carbonyl (C=O) groups excluding carboxylic acids is 1. The third-order valence-electron chi connectivity index (χ3n) is 3.28. The minimum absolute atomic E-state index is 0.154. The number of aryl methyl sites for hydroxylation is 1. The van der Waals surface area contributed by atoms with Gasteiger partial charge in [-0.15, -0.1) is 0 Å². The maximum Gasteiger partial charge on any atom is 0.204 e. The smallest absolute Gasteiger partial charge is 0.204 e. The molecule has 3 heteroatoms. The SMILES string of the molecule is Cn1ccnc1C(=O)C1(C)CCCC1. The van der Waals surface area contributed by atoms with Crippen LogP contribution < -0.4 is 0 Å². The third-order valence-corrected chi connectivity index (χ3v) is 3.28. The van der Waals surface area contributed by atoms with Crippen LogP contribution in [0.3, 0.4) is 0 Å². The fraction of sp³-hybridized carbons (Fsp3) is 0.636. The molecule has 0 amide bonds. The van der Waals surface area contributed by atoms with E-state index < -0.39 is 0 Å². The highest BCUT2D eigenvalue weighted by Crippen LogP contribution is 2.39. The Labute approximate surface area is 84.1 Å². The van der Waals surface area contributed by atoms with Crippen molar-refractivity contribution in [2.24, 2.45) is 12.5 Å². The Kier molecular flexibility index (Phi) is 2.17. The van der Waals surface area contributed by atoms with Crippen LogP contribution in [0.25, 0.3) is 0 Å². The van der Waals surface area contributed by atoms with E-state index in [9.17, 15) is 4.79 Å². The van der Waals surface area contributed by atoms with Crippen molar-refractivity contribution in [1.29, 1.82) is 0 Å². The quantitative estimate of drug-likeness (QED) is 0.673. The number of hydrogen-bond donors (Lipinski definition) is 0. The molecule has 76 valence electrons. The molecule has 1 saturated carbocycles. The second kappa shape index (κ2) is 3.23. The summed E-state index contributed by atoms with van der Waals surface area (Å²) < 4.78 is 1.81. The minimum Gasteiger partial charge on any atom is -0.332 e. The Bertz CT molecular complexity index is 348. The number of Topliss-reactive ketones (excluding diaryl/α,β-unsaturated/α-hetero) is 1. The first kappa shape index (κ1) is 9.44. The van der Waals surface area contributed by atoms with E-state index >= 15 is 0 Å². The molecule has 1 heterocycles. The lowest BCUT2D eigenvalue weighted by Crippen LogP contribution is -2.26. The molecule has 1 aromatic rings. The van der Waals surface area contributed by atoms with Gasteiger partial charge in [0.05, 0.1) is 0 Å². The number of imidazole rings is 1. The summed E-state index contributed by atoms with van der Waals surface area (Å²) in [6, 6.07) is 0. The molecule has 1 aliphatic carbocycles. The van der Waals surface area contributed by atoms with Gasteiger partial charge in [-0.3, -0.25) is 4.79 Å². The van der Waals surface area contributed by atoms with E-state index in [1.807, 2.05) is 17.8 Å². The van der Waals surface area contributed by atoms with Gasteiger partial charge in [0, 0.05) is 24.9 Å². The zero-order valence-corrected chi connectivity index (χ0v) is 8.79. The fourth-order valence-corrected chi connectivity index (χ4v) is 2.24. The van der Waals surface area contributed by atoms with Crippen LogP contribution in [-0.2, 0) is 7.05 Å². The third kappa shape index (κ3) is 1.37. The first-order chi connectivity index (χ1) is 6.63. The second-order valence-corrected chi connectivity index (χ2v) is 4.46. The Morgan fingerprint density at radius 3 is 2.64 bits per heavy atom. The molecule has 0 spiro atoms. The van der Waals surface area contributed by atoms with E-state index in [4.69, 9.17) is 0 Å². The van der Waals surface area contributed by atoms with Crippen LogP contribution in [0.15, 0.2) is 12.4 Å². The van der Waals surface area contributed by atoms with Crippen molar-refractivity contribution in [2.45, 2.75) is 32.6 Å². The molecule has 0 bridgehead atoms. The summed E-state index contributed by atoms with van der Waals surface area (Å²) in [5.74, 6) is 0.817. The largest absolute Gasteiger partial charge is 0.332 e. The second-order valence-electron chi connectivity index (χ2n) is 4.46. The average molecular weight is 192 g/mol. The van der Waals surface area contributed by atoms with Crippen molar-refractivity contribution in [3.8, 4) is 0 Å². The Morgan fingerprint density at radius 1 is 1.50 bits per heavy atom. The maximum atomic E-state index is 12.2. The number of ketones is 1. The standard InChI is InChI=1S/C11H16N2O/c1-11(5-3-4-6-11)9(14)10-12-7-8-13(10)2/h7-8H,3-6H2,1-2H3. The van der Waals surface area contributed by atoms with Gasteiger partial charge in [-0.2, -0.15) is 0 Å². The molecule has 14 heavy (non-hydrogen) atoms. The van der Waals surface area contributed by atoms with Crippen LogP contribution in [0.1, 0.15) is 43.2 Å². The first-order valence-electron chi connectivity index (χ1n) is 5.16. The highest BCUT2D eigenvalue weighted by Gasteiger charge is 2.38. The zero-order valence-electron chi connectivity index (χ0n) is 8.79. The molecule has 0 unspecified atom stereocenters. The fourth-order valence-electron chi connectivity index (χ4n) is 2.24. The lowest BCUT2D eigenvalue weighted by molar-refractivity contribution is 0.0808. The number of aromatic nitrogens is 2. The van der Waals surface area contributed by atoms with Crippen molar-refractivity contribution in [2.75, 3.05) is 0 Å². The molecular weight excluding hydrogens is 176 g/mol. The minimum atomic E-state index is -0.154. The molecule has 0 aliphatic heterocycles. The number of nitrogens with zero attached hydrogens (tertiary/aromatic N) is 2. The van der Waals surface area contributed by atoms with E-state index in [-0.39, 0.29) is 11.2 Å². The molecule has 0 radical (unpaired) electrons. The van der Waals surface area contributed by atoms with Crippen molar-refractivity contribution < 1.29 is 4.79 Å². The normalized spacial score (nSPS) is 19.9. The van der Waals surface area contributed by atoms with Gasteiger partial charge >= 0.3 is 0 Å². The van der Waals surface area contributed by atoms with Crippen LogP contribution in [0, 0.1) is 5.41 Å². The zero-order chi connectivity index (χ0) is 10.2. The van der Waals surface area contributed by atoms with Gasteiger partial charge in [0.25, 0.3) is 0 Å². The van der Waals surface area contributed by atoms with Gasteiger partial charge in [0.2, 0.25) is 5.78 Å². The van der Waals surface area contributed by atoms with E-state index in [0.717, 1.165) is 12.8 Å². The maximum absolute atomic E-state index is 12.2. The van der Waals surface area contributed by atoms with Gasteiger partial charge in [-0.1, -0.05) is 19.8 Å². The van der Waals surface area contributed by atoms with Gasteiger partial charge in [-0.05, 0) is 12.8 Å². The van der Waals surface area contributed by atoms with Crippen molar-refractivity contribution >= 4 is 5.78 Å². The van der Waals surface area contributed by atoms with Crippen molar-refractivity contribution in [3.05, 3.63) is 18.2 Å². The predicted molar refractivity (Wildman–Crippen MR) is 54.1 cm³/mol. The van der Waals surface area contributed by atoms with Crippen molar-refractivity contribution in [3.63, 3.8) is 0 Å². The predicted octanol–water partition coefficient (Wildman–Crippen LogP) is 2.18. The van der Waals surface area contributed by atoms with E-state index in [0.29, 0.717) is 5.82 Å². The summed E-state index contributed by atoms with van der Waals surface area (Å²) in [5.41, 5.74) is -0.154. The Morgan fingerprint density at radius 2 is 2.14 bits per heavy atom. The van der Waals surface area contributed by atoms with E-state index in [2.05, 4.69) is 11.9 Å². The molecule has 0 N–H and O–H groups in total. The number of rotatable bonds is 2. The molecule has 1 aliphatic rings. The number of carbonyl (C=O) groups is 1. The summed E-state index contributed by atoms with van der Waals surface area (Å²) in [7, 11) is 1.87.